The molecule has 8 nitrogen and oxygen atoms in total. The summed E-state index contributed by atoms with van der Waals surface area (Å²) in [6.07, 6.45) is 3.50. The zero-order valence-corrected chi connectivity index (χ0v) is 17.1. The molecule has 0 bridgehead atoms. The fourth-order valence-electron chi connectivity index (χ4n) is 4.20. The highest BCUT2D eigenvalue weighted by Gasteiger charge is 2.23. The van der Waals surface area contributed by atoms with Crippen molar-refractivity contribution in [3.63, 3.8) is 0 Å². The van der Waals surface area contributed by atoms with Crippen molar-refractivity contribution in [2.75, 3.05) is 13.1 Å². The SMILES string of the molecule is [C-]#[N+]c1c(-c2c(-c3ccc4c(c3)C(CN)=NCC4=O)cnn2C)ccc2c1cnn2C. The van der Waals surface area contributed by atoms with E-state index >= 15 is 0 Å². The molecule has 2 aromatic heterocycles. The van der Waals surface area contributed by atoms with Crippen LogP contribution in [0.4, 0.5) is 5.69 Å². The fraction of sp³-hybridized carbons (Fsp3) is 0.174. The van der Waals surface area contributed by atoms with E-state index in [1.54, 1.807) is 21.8 Å². The molecule has 8 heteroatoms. The molecular weight excluding hydrogens is 390 g/mol. The van der Waals surface area contributed by atoms with E-state index < -0.39 is 0 Å². The molecule has 0 radical (unpaired) electrons. The maximum atomic E-state index is 12.3. The van der Waals surface area contributed by atoms with E-state index in [-0.39, 0.29) is 18.9 Å². The third kappa shape index (κ3) is 2.79. The molecule has 31 heavy (non-hydrogen) atoms. The molecule has 0 saturated heterocycles. The molecule has 0 fully saturated rings. The smallest absolute Gasteiger partial charge is 0.207 e. The third-order valence-corrected chi connectivity index (χ3v) is 5.76. The first kappa shape index (κ1) is 18.9. The Bertz CT molecular complexity index is 1450. The highest BCUT2D eigenvalue weighted by atomic mass is 16.1. The van der Waals surface area contributed by atoms with Crippen molar-refractivity contribution in [2.45, 2.75) is 0 Å². The van der Waals surface area contributed by atoms with Crippen molar-refractivity contribution in [2.24, 2.45) is 24.8 Å². The largest absolute Gasteiger partial charge is 0.325 e. The third-order valence-electron chi connectivity index (χ3n) is 5.76. The number of benzene rings is 2. The van der Waals surface area contributed by atoms with Crippen molar-refractivity contribution in [3.8, 4) is 22.4 Å². The number of aromatic nitrogens is 4. The number of rotatable bonds is 3. The molecule has 1 aliphatic heterocycles. The molecule has 152 valence electrons. The van der Waals surface area contributed by atoms with Gasteiger partial charge in [0.05, 0.1) is 29.7 Å². The Morgan fingerprint density at radius 1 is 1.03 bits per heavy atom. The van der Waals surface area contributed by atoms with Gasteiger partial charge in [0.2, 0.25) is 5.69 Å². The number of carbonyl (C=O) groups excluding carboxylic acids is 1. The molecule has 1 aliphatic rings. The molecule has 2 N–H and O–H groups in total. The van der Waals surface area contributed by atoms with Crippen molar-refractivity contribution >= 4 is 28.1 Å². The molecule has 4 aromatic rings. The predicted molar refractivity (Wildman–Crippen MR) is 119 cm³/mol. The standard InChI is InChI=1S/C23H19N7O/c1-25-22-15(6-7-20-18(22)11-27-29(20)2)23-17(10-28-30(23)3)13-4-5-14-16(8-13)19(9-24)26-12-21(14)31/h4-8,10-11H,9,12,24H2,2-3H3. The maximum Gasteiger partial charge on any atom is 0.207 e. The van der Waals surface area contributed by atoms with Crippen LogP contribution in [0.25, 0.3) is 38.1 Å². The predicted octanol–water partition coefficient (Wildman–Crippen LogP) is 3.14. The molecule has 0 aliphatic carbocycles. The first-order valence-electron chi connectivity index (χ1n) is 9.79. The number of aliphatic imine (C=N–C) groups is 1. The first-order chi connectivity index (χ1) is 15.0. The Kier molecular flexibility index (Phi) is 4.27. The Morgan fingerprint density at radius 3 is 2.58 bits per heavy atom. The lowest BCUT2D eigenvalue weighted by atomic mass is 9.91. The van der Waals surface area contributed by atoms with Crippen LogP contribution in [-0.4, -0.2) is 44.1 Å². The normalized spacial score (nSPS) is 13.2. The van der Waals surface area contributed by atoms with E-state index in [0.717, 1.165) is 44.6 Å². The lowest BCUT2D eigenvalue weighted by Crippen LogP contribution is -2.24. The van der Waals surface area contributed by atoms with E-state index in [4.69, 9.17) is 12.3 Å². The molecule has 3 heterocycles. The van der Waals surface area contributed by atoms with E-state index in [1.165, 1.54) is 0 Å². The lowest BCUT2D eigenvalue weighted by molar-refractivity contribution is 0.1000. The quantitative estimate of drug-likeness (QED) is 0.526. The van der Waals surface area contributed by atoms with Crippen LogP contribution in [0.2, 0.25) is 0 Å². The Hall–Kier alpha value is -4.09. The molecule has 0 saturated carbocycles. The highest BCUT2D eigenvalue weighted by Crippen LogP contribution is 2.41. The van der Waals surface area contributed by atoms with Crippen LogP contribution < -0.4 is 5.73 Å². The van der Waals surface area contributed by atoms with Gasteiger partial charge in [-0.15, -0.1) is 0 Å². The first-order valence-corrected chi connectivity index (χ1v) is 9.79. The summed E-state index contributed by atoms with van der Waals surface area (Å²) < 4.78 is 3.52. The van der Waals surface area contributed by atoms with Gasteiger partial charge in [-0.05, 0) is 17.7 Å². The minimum Gasteiger partial charge on any atom is -0.325 e. The number of Topliss-reactive ketones (excluding diaryl/α,β-unsaturated/α-hetero) is 1. The molecule has 5 rings (SSSR count). The van der Waals surface area contributed by atoms with Crippen LogP contribution in [0.5, 0.6) is 0 Å². The van der Waals surface area contributed by atoms with Gasteiger partial charge in [-0.3, -0.25) is 19.2 Å². The zero-order valence-electron chi connectivity index (χ0n) is 17.1. The van der Waals surface area contributed by atoms with Gasteiger partial charge in [0.25, 0.3) is 0 Å². The lowest BCUT2D eigenvalue weighted by Gasteiger charge is -2.17. The molecule has 0 amide bonds. The number of aryl methyl sites for hydroxylation is 2. The van der Waals surface area contributed by atoms with E-state index in [9.17, 15) is 4.79 Å². The minimum atomic E-state index is -0.0116. The van der Waals surface area contributed by atoms with Gasteiger partial charge in [-0.25, -0.2) is 4.85 Å². The van der Waals surface area contributed by atoms with Crippen LogP contribution in [0.3, 0.4) is 0 Å². The number of ketones is 1. The number of hydrogen-bond acceptors (Lipinski definition) is 5. The van der Waals surface area contributed by atoms with Gasteiger partial charge in [0, 0.05) is 54.5 Å². The molecule has 0 atom stereocenters. The molecule has 0 unspecified atom stereocenters. The zero-order chi connectivity index (χ0) is 21.7. The van der Waals surface area contributed by atoms with Crippen LogP contribution in [0.1, 0.15) is 15.9 Å². The molecule has 0 spiro atoms. The van der Waals surface area contributed by atoms with Gasteiger partial charge in [0.1, 0.15) is 6.54 Å². The summed E-state index contributed by atoms with van der Waals surface area (Å²) in [4.78, 5) is 20.4. The minimum absolute atomic E-state index is 0.0116. The average molecular weight is 409 g/mol. The van der Waals surface area contributed by atoms with Gasteiger partial charge in [-0.1, -0.05) is 18.2 Å². The second kappa shape index (κ2) is 7.00. The summed E-state index contributed by atoms with van der Waals surface area (Å²) >= 11 is 0. The molecule has 2 aromatic carbocycles. The van der Waals surface area contributed by atoms with E-state index in [0.29, 0.717) is 11.3 Å². The van der Waals surface area contributed by atoms with Crippen molar-refractivity contribution in [3.05, 3.63) is 65.3 Å². The second-order valence-electron chi connectivity index (χ2n) is 7.46. The van der Waals surface area contributed by atoms with Crippen LogP contribution in [0, 0.1) is 6.57 Å². The second-order valence-corrected chi connectivity index (χ2v) is 7.46. The maximum absolute atomic E-state index is 12.3. The summed E-state index contributed by atoms with van der Waals surface area (Å²) in [6, 6.07) is 9.59. The fourth-order valence-corrected chi connectivity index (χ4v) is 4.20. The van der Waals surface area contributed by atoms with Gasteiger partial charge in [-0.2, -0.15) is 10.2 Å². The topological polar surface area (TPSA) is 95.4 Å². The number of carbonyl (C=O) groups is 1. The van der Waals surface area contributed by atoms with Crippen LogP contribution >= 0.6 is 0 Å². The number of nitrogens with two attached hydrogens (primary N) is 1. The number of hydrogen-bond donors (Lipinski definition) is 1. The van der Waals surface area contributed by atoms with Gasteiger partial charge < -0.3 is 5.73 Å². The Morgan fingerprint density at radius 2 is 1.81 bits per heavy atom. The highest BCUT2D eigenvalue weighted by molar-refractivity contribution is 6.16. The number of nitrogens with zero attached hydrogens (tertiary/aromatic N) is 6. The van der Waals surface area contributed by atoms with Gasteiger partial charge >= 0.3 is 0 Å². The van der Waals surface area contributed by atoms with Crippen molar-refractivity contribution in [1.82, 2.24) is 19.6 Å². The van der Waals surface area contributed by atoms with Crippen molar-refractivity contribution in [1.29, 1.82) is 0 Å². The van der Waals surface area contributed by atoms with E-state index in [1.807, 2.05) is 44.4 Å². The summed E-state index contributed by atoms with van der Waals surface area (Å²) in [5.41, 5.74) is 12.8. The Labute approximate surface area is 178 Å². The monoisotopic (exact) mass is 409 g/mol. The number of fused-ring (bicyclic) bond motifs is 2. The summed E-state index contributed by atoms with van der Waals surface area (Å²) in [5.74, 6) is -0.0116. The van der Waals surface area contributed by atoms with Gasteiger partial charge in [0.15, 0.2) is 5.78 Å². The average Bonchev–Trinajstić information content (AvgIpc) is 3.35. The molecular formula is C23H19N7O. The Balaban J connectivity index is 1.73. The van der Waals surface area contributed by atoms with Crippen LogP contribution in [0.15, 0.2) is 47.7 Å². The summed E-state index contributed by atoms with van der Waals surface area (Å²) in [5, 5.41) is 9.57. The van der Waals surface area contributed by atoms with Crippen LogP contribution in [-0.2, 0) is 14.1 Å². The summed E-state index contributed by atoms with van der Waals surface area (Å²) in [7, 11) is 3.71. The van der Waals surface area contributed by atoms with Crippen molar-refractivity contribution < 1.29 is 4.79 Å². The summed E-state index contributed by atoms with van der Waals surface area (Å²) in [6.45, 7) is 8.22. The van der Waals surface area contributed by atoms with E-state index in [2.05, 4.69) is 20.0 Å².